The van der Waals surface area contributed by atoms with Gasteiger partial charge in [0.2, 0.25) is 0 Å². The van der Waals surface area contributed by atoms with E-state index in [1.807, 2.05) is 43.5 Å². The lowest BCUT2D eigenvalue weighted by atomic mass is 10.1. The largest absolute Gasteiger partial charge is 0.465 e. The number of nitrogens with two attached hydrogens (primary N) is 1. The number of benzene rings is 2. The number of anilines is 2. The molecule has 0 unspecified atom stereocenters. The van der Waals surface area contributed by atoms with Crippen molar-refractivity contribution in [1.29, 1.82) is 0 Å². The van der Waals surface area contributed by atoms with Gasteiger partial charge in [0.25, 0.3) is 5.91 Å². The van der Waals surface area contributed by atoms with E-state index in [0.29, 0.717) is 16.9 Å². The molecule has 0 spiro atoms. The van der Waals surface area contributed by atoms with Gasteiger partial charge in [-0.05, 0) is 60.7 Å². The summed E-state index contributed by atoms with van der Waals surface area (Å²) in [5.41, 5.74) is 9.36. The van der Waals surface area contributed by atoms with E-state index in [1.54, 1.807) is 41.7 Å². The lowest BCUT2D eigenvalue weighted by Crippen LogP contribution is -2.35. The molecule has 0 radical (unpaired) electrons. The molecule has 1 heterocycles. The molecule has 0 aliphatic carbocycles. The first-order valence-electron chi connectivity index (χ1n) is 9.18. The Balaban J connectivity index is 1.73. The highest BCUT2D eigenvalue weighted by Crippen LogP contribution is 2.30. The number of nitrogen functional groups attached to an aromatic ring is 1. The summed E-state index contributed by atoms with van der Waals surface area (Å²) in [6, 6.07) is 16.3. The Morgan fingerprint density at radius 1 is 1.14 bits per heavy atom. The predicted molar refractivity (Wildman–Crippen MR) is 117 cm³/mol. The molecule has 0 atom stereocenters. The van der Waals surface area contributed by atoms with E-state index in [-0.39, 0.29) is 18.5 Å². The highest BCUT2D eigenvalue weighted by Gasteiger charge is 2.16. The average molecular weight is 410 g/mol. The van der Waals surface area contributed by atoms with Crippen LogP contribution in [-0.4, -0.2) is 28.0 Å². The van der Waals surface area contributed by atoms with Gasteiger partial charge in [-0.15, -0.1) is 11.3 Å². The zero-order chi connectivity index (χ0) is 21.0. The number of carboxylic acid groups (broad SMARTS) is 1. The van der Waals surface area contributed by atoms with E-state index in [0.717, 1.165) is 16.0 Å². The lowest BCUT2D eigenvalue weighted by molar-refractivity contribution is 0.102. The minimum absolute atomic E-state index is 0.130. The minimum atomic E-state index is -0.970. The van der Waals surface area contributed by atoms with E-state index in [4.69, 9.17) is 5.73 Å². The molecule has 0 aliphatic rings. The Morgan fingerprint density at radius 2 is 1.86 bits per heavy atom. The van der Waals surface area contributed by atoms with Gasteiger partial charge in [-0.1, -0.05) is 24.3 Å². The Bertz CT molecular complexity index is 999. The molecular weight excluding hydrogens is 386 g/mol. The number of thiophene rings is 1. The van der Waals surface area contributed by atoms with Crippen molar-refractivity contribution in [2.45, 2.75) is 26.4 Å². The zero-order valence-corrected chi connectivity index (χ0v) is 17.1. The van der Waals surface area contributed by atoms with Crippen LogP contribution in [0.25, 0.3) is 10.4 Å². The van der Waals surface area contributed by atoms with Crippen molar-refractivity contribution < 1.29 is 14.7 Å². The van der Waals surface area contributed by atoms with Gasteiger partial charge in [0.15, 0.2) is 0 Å². The molecule has 2 amide bonds. The Kier molecular flexibility index (Phi) is 6.19. The highest BCUT2D eigenvalue weighted by atomic mass is 32.1. The summed E-state index contributed by atoms with van der Waals surface area (Å²) >= 11 is 1.62. The molecule has 0 saturated heterocycles. The molecule has 6 nitrogen and oxygen atoms in total. The molecule has 0 fully saturated rings. The van der Waals surface area contributed by atoms with Crippen molar-refractivity contribution in [2.75, 3.05) is 11.1 Å². The highest BCUT2D eigenvalue weighted by molar-refractivity contribution is 7.13. The Hall–Kier alpha value is -3.32. The van der Waals surface area contributed by atoms with Gasteiger partial charge in [-0.25, -0.2) is 4.79 Å². The Morgan fingerprint density at radius 3 is 2.45 bits per heavy atom. The summed E-state index contributed by atoms with van der Waals surface area (Å²) < 4.78 is 0. The number of nitrogens with one attached hydrogen (secondary N) is 1. The van der Waals surface area contributed by atoms with Gasteiger partial charge >= 0.3 is 6.09 Å². The molecule has 7 heteroatoms. The third-order valence-corrected chi connectivity index (χ3v) is 5.46. The SMILES string of the molecule is CC(C)N(Cc1ccc(C(=O)Nc2cc(-c3cccs3)ccc2N)cc1)C(=O)O. The normalized spacial score (nSPS) is 10.7. The molecule has 150 valence electrons. The van der Waals surface area contributed by atoms with Gasteiger partial charge in [-0.2, -0.15) is 0 Å². The van der Waals surface area contributed by atoms with Crippen LogP contribution in [0.1, 0.15) is 29.8 Å². The van der Waals surface area contributed by atoms with Gasteiger partial charge in [0.1, 0.15) is 0 Å². The second-order valence-corrected chi connectivity index (χ2v) is 7.88. The molecule has 3 aromatic rings. The number of amides is 2. The van der Waals surface area contributed by atoms with Crippen molar-refractivity contribution in [3.05, 3.63) is 71.1 Å². The van der Waals surface area contributed by atoms with Gasteiger partial charge in [0.05, 0.1) is 11.4 Å². The first-order valence-corrected chi connectivity index (χ1v) is 10.1. The van der Waals surface area contributed by atoms with E-state index < -0.39 is 6.09 Å². The minimum Gasteiger partial charge on any atom is -0.465 e. The molecule has 1 aromatic heterocycles. The van der Waals surface area contributed by atoms with Crippen LogP contribution in [0.2, 0.25) is 0 Å². The van der Waals surface area contributed by atoms with Crippen LogP contribution in [-0.2, 0) is 6.54 Å². The maximum absolute atomic E-state index is 12.6. The zero-order valence-electron chi connectivity index (χ0n) is 16.3. The number of carbonyl (C=O) groups is 2. The third kappa shape index (κ3) is 4.94. The number of carbonyl (C=O) groups excluding carboxylic acids is 1. The van der Waals surface area contributed by atoms with Crippen molar-refractivity contribution in [1.82, 2.24) is 4.90 Å². The van der Waals surface area contributed by atoms with Crippen LogP contribution in [0, 0.1) is 0 Å². The van der Waals surface area contributed by atoms with Crippen molar-refractivity contribution in [3.8, 4) is 10.4 Å². The van der Waals surface area contributed by atoms with Crippen LogP contribution in [0.3, 0.4) is 0 Å². The smallest absolute Gasteiger partial charge is 0.407 e. The average Bonchev–Trinajstić information content (AvgIpc) is 3.22. The van der Waals surface area contributed by atoms with Crippen molar-refractivity contribution >= 4 is 34.7 Å². The van der Waals surface area contributed by atoms with Crippen molar-refractivity contribution in [2.24, 2.45) is 0 Å². The molecule has 4 N–H and O–H groups in total. The first kappa shape index (κ1) is 20.4. The molecule has 0 aliphatic heterocycles. The first-order chi connectivity index (χ1) is 13.8. The molecule has 2 aromatic carbocycles. The Labute approximate surface area is 173 Å². The quantitative estimate of drug-likeness (QED) is 0.491. The molecule has 29 heavy (non-hydrogen) atoms. The van der Waals surface area contributed by atoms with E-state index >= 15 is 0 Å². The topological polar surface area (TPSA) is 95.7 Å². The van der Waals surface area contributed by atoms with Crippen LogP contribution >= 0.6 is 11.3 Å². The van der Waals surface area contributed by atoms with Gasteiger partial charge in [-0.3, -0.25) is 4.79 Å². The summed E-state index contributed by atoms with van der Waals surface area (Å²) in [6.07, 6.45) is -0.970. The summed E-state index contributed by atoms with van der Waals surface area (Å²) in [5.74, 6) is -0.273. The maximum Gasteiger partial charge on any atom is 0.407 e. The molecule has 3 rings (SSSR count). The van der Waals surface area contributed by atoms with Gasteiger partial charge in [0, 0.05) is 23.0 Å². The van der Waals surface area contributed by atoms with Crippen LogP contribution in [0.5, 0.6) is 0 Å². The predicted octanol–water partition coefficient (Wildman–Crippen LogP) is 5.14. The fourth-order valence-corrected chi connectivity index (χ4v) is 3.61. The number of hydrogen-bond acceptors (Lipinski definition) is 4. The third-order valence-electron chi connectivity index (χ3n) is 4.55. The standard InChI is InChI=1S/C22H23N3O3S/c1-14(2)25(22(27)28)13-15-5-7-16(8-6-15)21(26)24-19-12-17(9-10-18(19)23)20-4-3-11-29-20/h3-12,14H,13,23H2,1-2H3,(H,24,26)(H,27,28). The summed E-state index contributed by atoms with van der Waals surface area (Å²) in [6.45, 7) is 3.92. The fraction of sp³-hybridized carbons (Fsp3) is 0.182. The van der Waals surface area contributed by atoms with Crippen molar-refractivity contribution in [3.63, 3.8) is 0 Å². The molecule has 0 bridgehead atoms. The van der Waals surface area contributed by atoms with E-state index in [9.17, 15) is 14.7 Å². The number of rotatable bonds is 6. The van der Waals surface area contributed by atoms with Crippen LogP contribution in [0.4, 0.5) is 16.2 Å². The van der Waals surface area contributed by atoms with Gasteiger partial charge < -0.3 is 21.1 Å². The monoisotopic (exact) mass is 409 g/mol. The summed E-state index contributed by atoms with van der Waals surface area (Å²) in [5, 5.41) is 14.1. The second-order valence-electron chi connectivity index (χ2n) is 6.93. The maximum atomic E-state index is 12.6. The molecular formula is C22H23N3O3S. The summed E-state index contributed by atoms with van der Waals surface area (Å²) in [4.78, 5) is 26.4. The lowest BCUT2D eigenvalue weighted by Gasteiger charge is -2.23. The number of nitrogens with zero attached hydrogens (tertiary/aromatic N) is 1. The number of hydrogen-bond donors (Lipinski definition) is 3. The van der Waals surface area contributed by atoms with E-state index in [1.165, 1.54) is 4.90 Å². The summed E-state index contributed by atoms with van der Waals surface area (Å²) in [7, 11) is 0. The fourth-order valence-electron chi connectivity index (χ4n) is 2.88. The second kappa shape index (κ2) is 8.79. The van der Waals surface area contributed by atoms with Crippen LogP contribution in [0.15, 0.2) is 60.0 Å². The van der Waals surface area contributed by atoms with Crippen LogP contribution < -0.4 is 11.1 Å². The molecule has 0 saturated carbocycles. The van der Waals surface area contributed by atoms with E-state index in [2.05, 4.69) is 5.32 Å².